The van der Waals surface area contributed by atoms with Crippen molar-refractivity contribution in [1.29, 1.82) is 0 Å². The highest BCUT2D eigenvalue weighted by molar-refractivity contribution is 9.10. The zero-order valence-electron chi connectivity index (χ0n) is 87.5. The number of aryl methyl sites for hydroxylation is 3. The quantitative estimate of drug-likeness (QED) is 0.100. The van der Waals surface area contributed by atoms with E-state index in [-0.39, 0.29) is 161 Å². The second kappa shape index (κ2) is 39.9. The second-order valence-corrected chi connectivity index (χ2v) is 45.2. The molecule has 12 aliphatic rings. The zero-order chi connectivity index (χ0) is 105. The number of rotatable bonds is 9. The topological polar surface area (TPSA) is 327 Å². The second-order valence-electron chi connectivity index (χ2n) is 44.3. The molecular weight excluding hydrogens is 1860 g/mol. The number of halogens is 1. The van der Waals surface area contributed by atoms with Crippen molar-refractivity contribution in [3.05, 3.63) is 259 Å². The van der Waals surface area contributed by atoms with Gasteiger partial charge in [0, 0.05) is 120 Å². The summed E-state index contributed by atoms with van der Waals surface area (Å²) in [6, 6.07) is 4.24. The summed E-state index contributed by atoms with van der Waals surface area (Å²) in [4.78, 5) is 142. The summed E-state index contributed by atoms with van der Waals surface area (Å²) in [5.74, 6) is 6.60. The van der Waals surface area contributed by atoms with Crippen LogP contribution in [-0.2, 0) is 111 Å². The lowest BCUT2D eigenvalue weighted by Gasteiger charge is -2.51. The monoisotopic (exact) mass is 1990 g/mol. The number of ether oxygens (including phenoxy) is 3. The first kappa shape index (κ1) is 106. The van der Waals surface area contributed by atoms with Gasteiger partial charge in [-0.1, -0.05) is 187 Å². The van der Waals surface area contributed by atoms with Crippen LogP contribution in [0.1, 0.15) is 288 Å². The van der Waals surface area contributed by atoms with Gasteiger partial charge in [-0.15, -0.1) is 0 Å². The standard InChI is InChI=1S/C21H27N3O2.C20H26N4O.C20H25N3O2.C19H18BrN3O.C17H20N4O.C16H17N3O2/c1-8-26-18-13-9-10-14-12(2)16(25)15(22-7)11-21(14,6)17(13)23-19(24-18)20(3,4)5;1-6-7-10-22-19-14-8-9-15-12(2)17(25)16(21-5)11-20(15,4)18(14)23-13(3)24-19;1-11-13-9-8-12-16(20(13,5)10-14(21-6)15(11)24)22-18(19(2,3)4)23-17(12)25-7;1-18(2)15-8-6-11-5-7-14-12(20)10-22-23(14)16(11)19(15,3)9-13(21-4)17(18)24;1-9-12-7-6-11-15(20-10(2)21-16(11)19-5)17(12,3)8-13(18-4)14(9)22;1-9-11-6-5-10-14(18-8-19-15(10)21-4)16(11,2)7-12(17-3)13(9)20/h11-12,14H,8-10H2,1-6H3;11-12,15H,6-10H2,1-4H3,(H,22,23,24);10-11,13H,8-9H2,1-5,7H3;5,7,9-10,15H,6,8H2,1-3H3;8-9,12H,6-7H2,1-3,5H3,(H,19,20,21);7-9,11H,5-6H2,1-2,4H3/t12-,14-,21-;12-,15-,20-;11-,13-,20-;15-,19-;9-,12-,17-;9-,11-,16-/m000000/s1. The zero-order valence-corrected chi connectivity index (χ0v) is 89.1. The third kappa shape index (κ3) is 18.3. The molecule has 0 unspecified atom stereocenters. The van der Waals surface area contributed by atoms with Gasteiger partial charge in [0.2, 0.25) is 51.8 Å². The van der Waals surface area contributed by atoms with Gasteiger partial charge in [-0.3, -0.25) is 0 Å². The molecule has 7 heterocycles. The van der Waals surface area contributed by atoms with E-state index in [1.54, 1.807) is 26.5 Å². The van der Waals surface area contributed by atoms with Crippen molar-refractivity contribution in [2.24, 2.45) is 70.5 Å². The fourth-order valence-corrected chi connectivity index (χ4v) is 26.0. The summed E-state index contributed by atoms with van der Waals surface area (Å²) in [5.41, 5.74) is 11.5. The molecule has 0 bridgehead atoms. The molecule has 7 aromatic heterocycles. The lowest BCUT2D eigenvalue weighted by molar-refractivity contribution is -0.128. The highest BCUT2D eigenvalue weighted by atomic mass is 79.9. The minimum Gasteiger partial charge on any atom is -0.481 e. The molecule has 0 saturated heterocycles. The van der Waals surface area contributed by atoms with E-state index < -0.39 is 21.7 Å². The minimum atomic E-state index is -0.548. The Bertz CT molecular complexity index is 6900. The molecule has 0 fully saturated rings. The SMILES string of the molecule is [C-]#[N+]C1=C[C@]2(C)c3c(ccc4c(Br)cnn34)CC[C@H]2C(C)(C)C1=O.[C-]#[N+]C1=C[C@]2(C)c3nc(C(C)(C)C)nc(OC)c3CC[C@H]2[C@H](C)C1=O.[C-]#[N+]C1=C[C@]2(C)c3nc(C(C)(C)C)nc(OCC)c3CC[C@H]2[C@H](C)C1=O.[C-]#[N+]C1=C[C@]2(C)c3nc(C)nc(NC)c3CC[C@H]2[C@H](C)C1=O.[C-]#[N+]C1=C[C@]2(C)c3nc(C)nc(NCCCC)c3CC[C@H]2[C@H](C)C1=O.[C-]#[N+]C1=C[C@]2(C)c3ncnc(OC)c3CC[C@H]2[C@H](C)C1=O. The van der Waals surface area contributed by atoms with Gasteiger partial charge in [0.15, 0.2) is 34.7 Å². The summed E-state index contributed by atoms with van der Waals surface area (Å²) in [5, 5.41) is 11.2. The number of carbonyl (C=O) groups is 6. The molecule has 12 aliphatic carbocycles. The van der Waals surface area contributed by atoms with Crippen molar-refractivity contribution in [3.63, 3.8) is 0 Å². The number of allylic oxidation sites excluding steroid dienone is 12. The molecule has 0 aliphatic heterocycles. The van der Waals surface area contributed by atoms with E-state index in [1.165, 1.54) is 11.9 Å². The average molecular weight is 2000 g/mol. The summed E-state index contributed by atoms with van der Waals surface area (Å²) in [6.07, 6.45) is 27.1. The van der Waals surface area contributed by atoms with Crippen molar-refractivity contribution < 1.29 is 43.0 Å². The molecule has 19 rings (SSSR count). The van der Waals surface area contributed by atoms with E-state index in [1.807, 2.05) is 111 Å². The summed E-state index contributed by atoms with van der Waals surface area (Å²) < 4.78 is 19.7. The largest absolute Gasteiger partial charge is 0.481 e. The number of methoxy groups -OCH3 is 2. The molecule has 143 heavy (non-hydrogen) atoms. The van der Waals surface area contributed by atoms with Crippen LogP contribution in [0.3, 0.4) is 0 Å². The van der Waals surface area contributed by atoms with Gasteiger partial charge in [0.05, 0.1) is 111 Å². The first-order valence-corrected chi connectivity index (χ1v) is 50.8. The number of pyridine rings is 1. The minimum absolute atomic E-state index is 0.0204. The maximum Gasteiger partial charge on any atom is 0.226 e. The van der Waals surface area contributed by atoms with Gasteiger partial charge in [-0.25, -0.2) is 73.5 Å². The van der Waals surface area contributed by atoms with Crippen LogP contribution in [-0.4, -0.2) is 129 Å². The number of hydrogen-bond donors (Lipinski definition) is 2. The average Bonchev–Trinajstić information content (AvgIpc) is 1.69. The van der Waals surface area contributed by atoms with Crippen molar-refractivity contribution >= 4 is 67.8 Å². The maximum atomic E-state index is 12.7. The Morgan fingerprint density at radius 1 is 0.448 bits per heavy atom. The van der Waals surface area contributed by atoms with Gasteiger partial charge < -0.3 is 53.6 Å². The van der Waals surface area contributed by atoms with E-state index in [9.17, 15) is 28.8 Å². The van der Waals surface area contributed by atoms with Gasteiger partial charge in [0.25, 0.3) is 0 Å². The van der Waals surface area contributed by atoms with Crippen molar-refractivity contribution in [2.75, 3.05) is 45.1 Å². The van der Waals surface area contributed by atoms with E-state index >= 15 is 0 Å². The predicted molar refractivity (Wildman–Crippen MR) is 550 cm³/mol. The summed E-state index contributed by atoms with van der Waals surface area (Å²) >= 11 is 3.56. The third-order valence-corrected chi connectivity index (χ3v) is 33.7. The van der Waals surface area contributed by atoms with Gasteiger partial charge in [0.1, 0.15) is 41.3 Å². The number of fused-ring (bicyclic) bond motifs is 20. The molecule has 17 atom stereocenters. The first-order chi connectivity index (χ1) is 67.4. The van der Waals surface area contributed by atoms with Crippen LogP contribution in [0.2, 0.25) is 0 Å². The molecule has 2 N–H and O–H groups in total. The fraction of sp³-hybridized carbons (Fsp3) is 0.549. The van der Waals surface area contributed by atoms with E-state index in [0.29, 0.717) is 30.1 Å². The smallest absolute Gasteiger partial charge is 0.226 e. The molecule has 0 spiro atoms. The van der Waals surface area contributed by atoms with Crippen LogP contribution >= 0.6 is 15.9 Å². The molecule has 29 nitrogen and oxygen atoms in total. The van der Waals surface area contributed by atoms with Crippen LogP contribution in [0, 0.1) is 124 Å². The van der Waals surface area contributed by atoms with Crippen molar-refractivity contribution in [1.82, 2.24) is 59.5 Å². The maximum absolute atomic E-state index is 12.7. The molecular formula is C113H133BrN20O9. The van der Waals surface area contributed by atoms with E-state index in [2.05, 4.69) is 188 Å². The number of carbonyl (C=O) groups excluding carboxylic acids is 6. The number of nitrogens with zero attached hydrogens (tertiary/aromatic N) is 18. The number of ketones is 6. The van der Waals surface area contributed by atoms with Crippen LogP contribution in [0.25, 0.3) is 34.6 Å². The van der Waals surface area contributed by atoms with E-state index in [4.69, 9.17) is 78.6 Å². The van der Waals surface area contributed by atoms with E-state index in [0.717, 1.165) is 198 Å². The lowest BCUT2D eigenvalue weighted by Crippen LogP contribution is -2.51. The molecule has 7 aromatic rings. The Kier molecular flexibility index (Phi) is 29.5. The Labute approximate surface area is 849 Å². The Morgan fingerprint density at radius 3 is 1.20 bits per heavy atom. The molecule has 0 radical (unpaired) electrons. The van der Waals surface area contributed by atoms with Crippen LogP contribution in [0.5, 0.6) is 17.6 Å². The van der Waals surface area contributed by atoms with Crippen molar-refractivity contribution in [2.45, 2.75) is 292 Å². The van der Waals surface area contributed by atoms with Crippen LogP contribution < -0.4 is 24.8 Å². The highest BCUT2D eigenvalue weighted by Gasteiger charge is 2.59. The number of hydrogen-bond acceptors (Lipinski definition) is 22. The summed E-state index contributed by atoms with van der Waals surface area (Å²) in [6.45, 7) is 92.4. The summed E-state index contributed by atoms with van der Waals surface area (Å²) in [7, 11) is 5.10. The fourth-order valence-electron chi connectivity index (χ4n) is 25.6. The number of unbranched alkanes of at least 4 members (excludes halogenated alkanes) is 1. The molecule has 746 valence electrons. The van der Waals surface area contributed by atoms with Crippen LogP contribution in [0.4, 0.5) is 11.6 Å². The number of nitrogens with one attached hydrogen (secondary N) is 2. The lowest BCUT2D eigenvalue weighted by atomic mass is 9.53. The molecule has 0 amide bonds. The normalized spacial score (nSPS) is 28.7. The Morgan fingerprint density at radius 2 is 0.811 bits per heavy atom. The molecule has 0 saturated carbocycles. The van der Waals surface area contributed by atoms with Gasteiger partial charge in [-0.2, -0.15) is 15.1 Å². The number of anilines is 2. The molecule has 0 aromatic carbocycles. The van der Waals surface area contributed by atoms with Crippen molar-refractivity contribution in [3.8, 4) is 17.6 Å². The third-order valence-electron chi connectivity index (χ3n) is 33.1. The van der Waals surface area contributed by atoms with Crippen LogP contribution in [0.15, 0.2) is 99.8 Å². The Balaban J connectivity index is 0.000000136. The first-order valence-electron chi connectivity index (χ1n) is 50.0. The Hall–Kier alpha value is -13.0. The van der Waals surface area contributed by atoms with Gasteiger partial charge in [-0.05, 0) is 167 Å². The number of Topliss-reactive ketones (excluding diaryl/α,β-unsaturated/α-hetero) is 6. The van der Waals surface area contributed by atoms with Gasteiger partial charge >= 0.3 is 0 Å². The number of aromatic nitrogens is 12. The highest BCUT2D eigenvalue weighted by Crippen LogP contribution is 2.60. The predicted octanol–water partition coefficient (Wildman–Crippen LogP) is 20.8. The molecule has 30 heteroatoms.